The molecule has 0 bridgehead atoms. The molecular weight excluding hydrogens is 346 g/mol. The number of likely N-dealkylation sites (tertiary alicyclic amines) is 2. The van der Waals surface area contributed by atoms with Crippen molar-refractivity contribution < 1.29 is 15.0 Å². The average Bonchev–Trinajstić information content (AvgIpc) is 2.69. The van der Waals surface area contributed by atoms with Crippen molar-refractivity contribution >= 4 is 12.4 Å². The van der Waals surface area contributed by atoms with Crippen LogP contribution >= 0.6 is 0 Å². The molecule has 0 saturated carbocycles. The number of aliphatic hydroxyl groups is 1. The molecule has 0 aromatic carbocycles. The fraction of sp³-hybridized carbons (Fsp3) is 0.737. The predicted molar refractivity (Wildman–Crippen MR) is 105 cm³/mol. The summed E-state index contributed by atoms with van der Waals surface area (Å²) in [4.78, 5) is 22.1. The molecule has 2 aliphatic heterocycles. The summed E-state index contributed by atoms with van der Waals surface area (Å²) in [5.74, 6) is 0.713. The van der Waals surface area contributed by atoms with E-state index in [9.17, 15) is 5.11 Å². The summed E-state index contributed by atoms with van der Waals surface area (Å²) in [6.07, 6.45) is 8.38. The van der Waals surface area contributed by atoms with Gasteiger partial charge in [-0.05, 0) is 45.8 Å². The monoisotopic (exact) mass is 379 g/mol. The number of fused-ring (bicyclic) bond motifs is 1. The van der Waals surface area contributed by atoms with Crippen molar-refractivity contribution in [2.45, 2.75) is 45.2 Å². The Morgan fingerprint density at radius 3 is 2.67 bits per heavy atom. The van der Waals surface area contributed by atoms with Crippen LogP contribution in [0.2, 0.25) is 0 Å². The second kappa shape index (κ2) is 10.5. The third-order valence-corrected chi connectivity index (χ3v) is 5.74. The highest BCUT2D eigenvalue weighted by Crippen LogP contribution is 2.41. The van der Waals surface area contributed by atoms with Crippen LogP contribution in [0.5, 0.6) is 0 Å². The fourth-order valence-corrected chi connectivity index (χ4v) is 4.24. The molecule has 3 N–H and O–H groups in total. The van der Waals surface area contributed by atoms with Gasteiger partial charge in [0.25, 0.3) is 6.47 Å². The molecule has 3 heterocycles. The van der Waals surface area contributed by atoms with E-state index in [1.165, 1.54) is 6.42 Å². The summed E-state index contributed by atoms with van der Waals surface area (Å²) < 4.78 is 0. The first-order valence-electron chi connectivity index (χ1n) is 9.74. The van der Waals surface area contributed by atoms with Crippen molar-refractivity contribution in [2.24, 2.45) is 5.41 Å². The van der Waals surface area contributed by atoms with Crippen LogP contribution in [0, 0.1) is 5.41 Å². The van der Waals surface area contributed by atoms with E-state index in [1.54, 1.807) is 0 Å². The second-order valence-electron chi connectivity index (χ2n) is 7.55. The normalized spacial score (nSPS) is 25.8. The summed E-state index contributed by atoms with van der Waals surface area (Å²) in [6.45, 7) is 7.20. The first-order chi connectivity index (χ1) is 13.1. The molecule has 8 nitrogen and oxygen atoms in total. The van der Waals surface area contributed by atoms with Crippen LogP contribution in [0.4, 0.5) is 5.95 Å². The molecule has 152 valence electrons. The van der Waals surface area contributed by atoms with Crippen LogP contribution in [0.3, 0.4) is 0 Å². The molecule has 2 aliphatic rings. The molecule has 1 aromatic rings. The van der Waals surface area contributed by atoms with Gasteiger partial charge in [0.05, 0.1) is 6.61 Å². The Morgan fingerprint density at radius 1 is 1.33 bits per heavy atom. The zero-order chi connectivity index (χ0) is 19.7. The molecule has 3 rings (SSSR count). The molecule has 1 aromatic heterocycles. The first-order valence-corrected chi connectivity index (χ1v) is 9.74. The van der Waals surface area contributed by atoms with E-state index in [2.05, 4.69) is 39.1 Å². The van der Waals surface area contributed by atoms with Crippen LogP contribution in [0.1, 0.15) is 38.2 Å². The van der Waals surface area contributed by atoms with Gasteiger partial charge in [-0.3, -0.25) is 9.69 Å². The quantitative estimate of drug-likeness (QED) is 0.636. The van der Waals surface area contributed by atoms with Gasteiger partial charge in [0.1, 0.15) is 0 Å². The van der Waals surface area contributed by atoms with Gasteiger partial charge >= 0.3 is 0 Å². The van der Waals surface area contributed by atoms with E-state index in [4.69, 9.17) is 9.90 Å². The number of carbonyl (C=O) groups is 1. The minimum atomic E-state index is -0.250. The van der Waals surface area contributed by atoms with E-state index in [-0.39, 0.29) is 11.9 Å². The molecule has 0 spiro atoms. The lowest BCUT2D eigenvalue weighted by Gasteiger charge is -2.53. The first kappa shape index (κ1) is 21.5. The summed E-state index contributed by atoms with van der Waals surface area (Å²) in [5, 5.41) is 20.1. The summed E-state index contributed by atoms with van der Waals surface area (Å²) in [6, 6.07) is 0.455. The zero-order valence-electron chi connectivity index (χ0n) is 16.5. The van der Waals surface area contributed by atoms with Gasteiger partial charge in [0.15, 0.2) is 0 Å². The Balaban J connectivity index is 0.000000817. The lowest BCUT2D eigenvalue weighted by Crippen LogP contribution is -2.61. The molecule has 8 heteroatoms. The minimum absolute atomic E-state index is 0.105. The van der Waals surface area contributed by atoms with Crippen molar-refractivity contribution in [3.63, 3.8) is 0 Å². The highest BCUT2D eigenvalue weighted by atomic mass is 16.3. The maximum absolute atomic E-state index is 10.00. The number of rotatable bonds is 6. The number of anilines is 1. The third kappa shape index (κ3) is 5.60. The lowest BCUT2D eigenvalue weighted by atomic mass is 9.69. The SMILES string of the molecule is CCCNc1ncc(CN2CC[C@@]3(CO)CCCN(C)[C@@H]3C2)cn1.O=CO. The Kier molecular flexibility index (Phi) is 8.40. The summed E-state index contributed by atoms with van der Waals surface area (Å²) >= 11 is 0. The number of hydrogen-bond donors (Lipinski definition) is 3. The number of piperidine rings is 2. The van der Waals surface area contributed by atoms with Crippen molar-refractivity contribution in [3.05, 3.63) is 18.0 Å². The van der Waals surface area contributed by atoms with Gasteiger partial charge in [0.2, 0.25) is 5.95 Å². The highest BCUT2D eigenvalue weighted by molar-refractivity contribution is 5.32. The van der Waals surface area contributed by atoms with E-state index >= 15 is 0 Å². The molecule has 27 heavy (non-hydrogen) atoms. The van der Waals surface area contributed by atoms with E-state index in [0.29, 0.717) is 18.6 Å². The smallest absolute Gasteiger partial charge is 0.290 e. The third-order valence-electron chi connectivity index (χ3n) is 5.74. The van der Waals surface area contributed by atoms with Gasteiger partial charge < -0.3 is 20.4 Å². The minimum Gasteiger partial charge on any atom is -0.483 e. The molecular formula is C19H33N5O3. The number of nitrogens with zero attached hydrogens (tertiary/aromatic N) is 4. The topological polar surface area (TPSA) is 102 Å². The van der Waals surface area contributed by atoms with Gasteiger partial charge in [-0.15, -0.1) is 0 Å². The van der Waals surface area contributed by atoms with Crippen molar-refractivity contribution in [3.8, 4) is 0 Å². The zero-order valence-corrected chi connectivity index (χ0v) is 16.5. The molecule has 0 amide bonds. The maximum atomic E-state index is 10.00. The van der Waals surface area contributed by atoms with Crippen LogP contribution < -0.4 is 5.32 Å². The molecule has 0 unspecified atom stereocenters. The standard InChI is InChI=1S/C18H31N5O.CH2O2/c1-3-7-19-17-20-10-15(11-21-17)12-23-9-6-18(14-24)5-4-8-22(2)16(18)13-23;2-1-3/h10-11,16,24H,3-9,12-14H2,1-2H3,(H,19,20,21);1H,(H,2,3)/t16-,18-;/m1./s1. The van der Waals surface area contributed by atoms with Crippen molar-refractivity contribution in [1.29, 1.82) is 0 Å². The van der Waals surface area contributed by atoms with E-state index < -0.39 is 0 Å². The number of carboxylic acid groups (broad SMARTS) is 1. The van der Waals surface area contributed by atoms with E-state index in [0.717, 1.165) is 57.5 Å². The highest BCUT2D eigenvalue weighted by Gasteiger charge is 2.46. The Bertz CT molecular complexity index is 571. The van der Waals surface area contributed by atoms with Crippen LogP contribution in [0.25, 0.3) is 0 Å². The largest absolute Gasteiger partial charge is 0.483 e. The van der Waals surface area contributed by atoms with Crippen molar-refractivity contribution in [1.82, 2.24) is 19.8 Å². The molecule has 0 aliphatic carbocycles. The number of likely N-dealkylation sites (N-methyl/N-ethyl adjacent to an activating group) is 1. The van der Waals surface area contributed by atoms with Crippen LogP contribution in [-0.4, -0.2) is 82.3 Å². The summed E-state index contributed by atoms with van der Waals surface area (Å²) in [5.41, 5.74) is 1.26. The molecule has 2 fully saturated rings. The fourth-order valence-electron chi connectivity index (χ4n) is 4.24. The summed E-state index contributed by atoms with van der Waals surface area (Å²) in [7, 11) is 2.20. The Labute approximate surface area is 161 Å². The Morgan fingerprint density at radius 2 is 2.04 bits per heavy atom. The molecule has 0 radical (unpaired) electrons. The number of aromatic nitrogens is 2. The van der Waals surface area contributed by atoms with Crippen LogP contribution in [0.15, 0.2) is 12.4 Å². The van der Waals surface area contributed by atoms with Gasteiger partial charge in [0, 0.05) is 49.0 Å². The maximum Gasteiger partial charge on any atom is 0.290 e. The van der Waals surface area contributed by atoms with Gasteiger partial charge in [-0.25, -0.2) is 9.97 Å². The van der Waals surface area contributed by atoms with Crippen LogP contribution in [-0.2, 0) is 11.3 Å². The lowest BCUT2D eigenvalue weighted by molar-refractivity contribution is -0.122. The number of nitrogens with one attached hydrogen (secondary N) is 1. The number of aliphatic hydroxyl groups excluding tert-OH is 1. The molecule has 2 atom stereocenters. The van der Waals surface area contributed by atoms with Crippen molar-refractivity contribution in [2.75, 3.05) is 45.2 Å². The number of hydrogen-bond acceptors (Lipinski definition) is 7. The predicted octanol–water partition coefficient (Wildman–Crippen LogP) is 1.28. The Hall–Kier alpha value is -1.77. The second-order valence-corrected chi connectivity index (χ2v) is 7.55. The van der Waals surface area contributed by atoms with E-state index in [1.807, 2.05) is 12.4 Å². The van der Waals surface area contributed by atoms with Gasteiger partial charge in [-0.2, -0.15) is 0 Å². The van der Waals surface area contributed by atoms with Gasteiger partial charge in [-0.1, -0.05) is 6.92 Å². The average molecular weight is 380 g/mol. The molecule has 2 saturated heterocycles.